The smallest absolute Gasteiger partial charge is 0.297 e. The SMILES string of the molecule is C/C(=N\NC(=O)c1nonc1N)c1ccc(Nc2nc(N3CCOCC3)nc(N3CCOCC3)n2)cc1.Cl. The fraction of sp³-hybridized carbons (Fsp3) is 0.409. The van der Waals surface area contributed by atoms with Crippen molar-refractivity contribution < 1.29 is 18.9 Å². The van der Waals surface area contributed by atoms with Crippen LogP contribution in [-0.4, -0.2) is 89.5 Å². The van der Waals surface area contributed by atoms with Crippen molar-refractivity contribution in [2.75, 3.05) is 73.5 Å². The van der Waals surface area contributed by atoms with Crippen LogP contribution in [0.25, 0.3) is 0 Å². The van der Waals surface area contributed by atoms with Crippen molar-refractivity contribution in [2.24, 2.45) is 5.10 Å². The average molecular weight is 546 g/mol. The summed E-state index contributed by atoms with van der Waals surface area (Å²) in [6, 6.07) is 7.49. The Morgan fingerprint density at radius 1 is 0.921 bits per heavy atom. The monoisotopic (exact) mass is 545 g/mol. The summed E-state index contributed by atoms with van der Waals surface area (Å²) in [5.41, 5.74) is 9.96. The van der Waals surface area contributed by atoms with Crippen molar-refractivity contribution in [1.82, 2.24) is 30.7 Å². The number of nitrogens with one attached hydrogen (secondary N) is 2. The van der Waals surface area contributed by atoms with E-state index in [4.69, 9.17) is 20.2 Å². The molecule has 0 radical (unpaired) electrons. The molecule has 0 spiro atoms. The van der Waals surface area contributed by atoms with Gasteiger partial charge < -0.3 is 30.3 Å². The number of halogens is 1. The van der Waals surface area contributed by atoms with Crippen LogP contribution in [-0.2, 0) is 9.47 Å². The highest BCUT2D eigenvalue weighted by atomic mass is 35.5. The topological polar surface area (TPSA) is 182 Å². The molecule has 2 aromatic heterocycles. The van der Waals surface area contributed by atoms with Gasteiger partial charge in [-0.1, -0.05) is 12.1 Å². The molecule has 4 heterocycles. The summed E-state index contributed by atoms with van der Waals surface area (Å²) in [6.45, 7) is 7.17. The normalized spacial score (nSPS) is 16.1. The van der Waals surface area contributed by atoms with Gasteiger partial charge in [0.2, 0.25) is 29.4 Å². The Morgan fingerprint density at radius 3 is 2.03 bits per heavy atom. The van der Waals surface area contributed by atoms with Crippen molar-refractivity contribution in [1.29, 1.82) is 0 Å². The molecular formula is C22H28ClN11O4. The van der Waals surface area contributed by atoms with Crippen LogP contribution in [0.1, 0.15) is 23.0 Å². The third-order valence-corrected chi connectivity index (χ3v) is 5.81. The summed E-state index contributed by atoms with van der Waals surface area (Å²) in [5, 5.41) is 14.2. The summed E-state index contributed by atoms with van der Waals surface area (Å²) in [7, 11) is 0. The molecule has 0 atom stereocenters. The number of ether oxygens (including phenoxy) is 2. The van der Waals surface area contributed by atoms with Gasteiger partial charge in [0.15, 0.2) is 0 Å². The van der Waals surface area contributed by atoms with E-state index in [1.165, 1.54) is 0 Å². The van der Waals surface area contributed by atoms with E-state index in [-0.39, 0.29) is 23.9 Å². The minimum Gasteiger partial charge on any atom is -0.379 e. The van der Waals surface area contributed by atoms with Crippen LogP contribution in [0.5, 0.6) is 0 Å². The number of benzene rings is 1. The summed E-state index contributed by atoms with van der Waals surface area (Å²) in [4.78, 5) is 30.3. The lowest BCUT2D eigenvalue weighted by molar-refractivity contribution is 0.0945. The molecular weight excluding hydrogens is 518 g/mol. The first-order valence-electron chi connectivity index (χ1n) is 11.8. The third-order valence-electron chi connectivity index (χ3n) is 5.81. The molecule has 202 valence electrons. The molecule has 1 amide bonds. The fourth-order valence-electron chi connectivity index (χ4n) is 3.75. The number of rotatable bonds is 7. The van der Waals surface area contributed by atoms with Crippen LogP contribution in [0, 0.1) is 0 Å². The molecule has 0 bridgehead atoms. The predicted molar refractivity (Wildman–Crippen MR) is 141 cm³/mol. The maximum atomic E-state index is 12.1. The molecule has 2 saturated heterocycles. The predicted octanol–water partition coefficient (Wildman–Crippen LogP) is 0.829. The number of nitrogens with zero attached hydrogens (tertiary/aromatic N) is 8. The minimum atomic E-state index is -0.613. The number of amides is 1. The molecule has 16 heteroatoms. The molecule has 0 unspecified atom stereocenters. The van der Waals surface area contributed by atoms with E-state index in [1.54, 1.807) is 6.92 Å². The fourth-order valence-corrected chi connectivity index (χ4v) is 3.75. The second-order valence-corrected chi connectivity index (χ2v) is 8.30. The Labute approximate surface area is 224 Å². The van der Waals surface area contributed by atoms with Gasteiger partial charge in [-0.05, 0) is 34.9 Å². The van der Waals surface area contributed by atoms with Crippen molar-refractivity contribution in [3.05, 3.63) is 35.5 Å². The lowest BCUT2D eigenvalue weighted by Crippen LogP contribution is -2.40. The summed E-state index contributed by atoms with van der Waals surface area (Å²) < 4.78 is 15.4. The van der Waals surface area contributed by atoms with Crippen molar-refractivity contribution in [3.8, 4) is 0 Å². The van der Waals surface area contributed by atoms with Crippen LogP contribution in [0.4, 0.5) is 29.4 Å². The first-order valence-corrected chi connectivity index (χ1v) is 11.8. The highest BCUT2D eigenvalue weighted by Gasteiger charge is 2.21. The van der Waals surface area contributed by atoms with Gasteiger partial charge in [-0.15, -0.1) is 12.4 Å². The van der Waals surface area contributed by atoms with Gasteiger partial charge in [-0.2, -0.15) is 20.1 Å². The van der Waals surface area contributed by atoms with E-state index in [1.807, 2.05) is 24.3 Å². The standard InChI is InChI=1S/C22H27N11O4.ClH/c1-14(28-29-19(34)17-18(23)31-37-30-17)15-2-4-16(5-3-15)24-20-25-21(32-6-10-35-11-7-32)27-22(26-20)33-8-12-36-13-9-33;/h2-5H,6-13H2,1H3,(H2,23,31)(H,29,34)(H,24,25,26,27);1H/b28-14+;. The maximum Gasteiger partial charge on any atom is 0.297 e. The molecule has 2 aliphatic heterocycles. The molecule has 2 aliphatic rings. The number of carbonyl (C=O) groups is 1. The largest absolute Gasteiger partial charge is 0.379 e. The third kappa shape index (κ3) is 6.42. The molecule has 15 nitrogen and oxygen atoms in total. The van der Waals surface area contributed by atoms with E-state index in [0.29, 0.717) is 50.0 Å². The van der Waals surface area contributed by atoms with Crippen LogP contribution < -0.4 is 26.3 Å². The number of hydrazone groups is 1. The number of carbonyl (C=O) groups excluding carboxylic acids is 1. The zero-order chi connectivity index (χ0) is 25.6. The maximum absolute atomic E-state index is 12.1. The van der Waals surface area contributed by atoms with Gasteiger partial charge >= 0.3 is 0 Å². The second kappa shape index (κ2) is 12.4. The molecule has 1 aromatic carbocycles. The Kier molecular flexibility index (Phi) is 8.83. The van der Waals surface area contributed by atoms with Gasteiger partial charge in [0.05, 0.1) is 32.1 Å². The zero-order valence-electron chi connectivity index (χ0n) is 20.7. The molecule has 0 saturated carbocycles. The molecule has 5 rings (SSSR count). The van der Waals surface area contributed by atoms with Crippen molar-refractivity contribution in [2.45, 2.75) is 6.92 Å². The number of nitrogens with two attached hydrogens (primary N) is 1. The van der Waals surface area contributed by atoms with E-state index in [0.717, 1.165) is 37.4 Å². The number of aromatic nitrogens is 5. The van der Waals surface area contributed by atoms with Crippen LogP contribution in [0.15, 0.2) is 34.0 Å². The highest BCUT2D eigenvalue weighted by molar-refractivity contribution is 6.01. The summed E-state index contributed by atoms with van der Waals surface area (Å²) in [5.74, 6) is 0.953. The Bertz CT molecular complexity index is 1220. The van der Waals surface area contributed by atoms with Crippen LogP contribution >= 0.6 is 12.4 Å². The van der Waals surface area contributed by atoms with E-state index < -0.39 is 5.91 Å². The average Bonchev–Trinajstić information content (AvgIpc) is 3.38. The Morgan fingerprint density at radius 2 is 1.50 bits per heavy atom. The zero-order valence-corrected chi connectivity index (χ0v) is 21.5. The molecule has 4 N–H and O–H groups in total. The molecule has 2 fully saturated rings. The van der Waals surface area contributed by atoms with E-state index in [2.05, 4.69) is 50.6 Å². The quantitative estimate of drug-likeness (QED) is 0.280. The van der Waals surface area contributed by atoms with Gasteiger partial charge in [0.25, 0.3) is 5.91 Å². The minimum absolute atomic E-state index is 0. The van der Waals surface area contributed by atoms with Crippen molar-refractivity contribution in [3.63, 3.8) is 0 Å². The van der Waals surface area contributed by atoms with Crippen LogP contribution in [0.3, 0.4) is 0 Å². The van der Waals surface area contributed by atoms with Gasteiger partial charge in [-0.3, -0.25) is 4.79 Å². The number of nitrogen functional groups attached to an aromatic ring is 1. The second-order valence-electron chi connectivity index (χ2n) is 8.30. The lowest BCUT2D eigenvalue weighted by atomic mass is 10.1. The molecule has 0 aliphatic carbocycles. The summed E-state index contributed by atoms with van der Waals surface area (Å²) >= 11 is 0. The van der Waals surface area contributed by atoms with Gasteiger partial charge in [0, 0.05) is 31.9 Å². The lowest BCUT2D eigenvalue weighted by Gasteiger charge is -2.30. The number of morpholine rings is 2. The first-order chi connectivity index (χ1) is 18.1. The van der Waals surface area contributed by atoms with E-state index in [9.17, 15) is 4.79 Å². The highest BCUT2D eigenvalue weighted by Crippen LogP contribution is 2.21. The van der Waals surface area contributed by atoms with Gasteiger partial charge in [0.1, 0.15) is 0 Å². The van der Waals surface area contributed by atoms with Crippen LogP contribution in [0.2, 0.25) is 0 Å². The molecule has 3 aromatic rings. The number of anilines is 5. The summed E-state index contributed by atoms with van der Waals surface area (Å²) in [6.07, 6.45) is 0. The first kappa shape index (κ1) is 27.0. The van der Waals surface area contributed by atoms with E-state index >= 15 is 0 Å². The number of hydrogen-bond acceptors (Lipinski definition) is 14. The Hall–Kier alpha value is -4.08. The van der Waals surface area contributed by atoms with Crippen molar-refractivity contribution >= 4 is 53.4 Å². The van der Waals surface area contributed by atoms with Gasteiger partial charge in [-0.25, -0.2) is 10.1 Å². The molecule has 38 heavy (non-hydrogen) atoms. The number of hydrogen-bond donors (Lipinski definition) is 3. The Balaban J connectivity index is 0.00000336.